The molecular weight excluding hydrogens is 232 g/mol. The lowest BCUT2D eigenvalue weighted by Gasteiger charge is -2.10. The van der Waals surface area contributed by atoms with Crippen molar-refractivity contribution in [3.8, 4) is 5.75 Å². The number of amides is 1. The number of aliphatic hydroxyl groups excluding tert-OH is 1. The molecule has 0 saturated heterocycles. The summed E-state index contributed by atoms with van der Waals surface area (Å²) in [5, 5.41) is 11.7. The number of pyridine rings is 1. The van der Waals surface area contributed by atoms with Gasteiger partial charge in [-0.05, 0) is 24.8 Å². The Morgan fingerprint density at radius 2 is 2.39 bits per heavy atom. The van der Waals surface area contributed by atoms with Crippen molar-refractivity contribution in [3.05, 3.63) is 24.0 Å². The highest BCUT2D eigenvalue weighted by molar-refractivity contribution is 5.96. The Kier molecular flexibility index (Phi) is 6.14. The first-order chi connectivity index (χ1) is 8.69. The molecule has 0 saturated carbocycles. The monoisotopic (exact) mass is 252 g/mol. The molecular formula is C13H20N2O3. The molecule has 0 aromatic carbocycles. The van der Waals surface area contributed by atoms with Crippen molar-refractivity contribution in [2.45, 2.75) is 19.8 Å². The molecule has 1 unspecified atom stereocenters. The Bertz CT molecular complexity index is 382. The first-order valence-electron chi connectivity index (χ1n) is 6.06. The van der Waals surface area contributed by atoms with Gasteiger partial charge in [0, 0.05) is 19.3 Å². The molecule has 100 valence electrons. The van der Waals surface area contributed by atoms with Crippen LogP contribution in [0.25, 0.3) is 0 Å². The Hall–Kier alpha value is -1.62. The molecule has 1 aromatic rings. The lowest BCUT2D eigenvalue weighted by atomic mass is 10.1. The molecule has 0 spiro atoms. The number of ether oxygens (including phenoxy) is 1. The molecule has 2 N–H and O–H groups in total. The lowest BCUT2D eigenvalue weighted by Crippen LogP contribution is -2.25. The van der Waals surface area contributed by atoms with E-state index in [9.17, 15) is 4.79 Å². The second kappa shape index (κ2) is 7.66. The van der Waals surface area contributed by atoms with E-state index in [1.54, 1.807) is 12.3 Å². The molecule has 0 radical (unpaired) electrons. The summed E-state index contributed by atoms with van der Waals surface area (Å²) in [6, 6.07) is 1.63. The molecule has 18 heavy (non-hydrogen) atoms. The molecule has 0 aliphatic carbocycles. The van der Waals surface area contributed by atoms with E-state index in [1.165, 1.54) is 13.3 Å². The molecule has 0 aliphatic heterocycles. The third-order valence-corrected chi connectivity index (χ3v) is 2.72. The largest absolute Gasteiger partial charge is 0.494 e. The summed E-state index contributed by atoms with van der Waals surface area (Å²) in [4.78, 5) is 15.8. The summed E-state index contributed by atoms with van der Waals surface area (Å²) in [5.74, 6) is 0.585. The van der Waals surface area contributed by atoms with Crippen LogP contribution in [-0.2, 0) is 0 Å². The van der Waals surface area contributed by atoms with E-state index in [-0.39, 0.29) is 18.4 Å². The van der Waals surface area contributed by atoms with Crippen LogP contribution < -0.4 is 10.1 Å². The average Bonchev–Trinajstić information content (AvgIpc) is 2.42. The van der Waals surface area contributed by atoms with E-state index in [0.29, 0.717) is 17.9 Å². The van der Waals surface area contributed by atoms with Gasteiger partial charge >= 0.3 is 0 Å². The summed E-state index contributed by atoms with van der Waals surface area (Å²) < 4.78 is 5.07. The van der Waals surface area contributed by atoms with Crippen molar-refractivity contribution >= 4 is 5.91 Å². The van der Waals surface area contributed by atoms with Gasteiger partial charge in [-0.3, -0.25) is 9.78 Å². The normalized spacial score (nSPS) is 11.9. The number of aromatic nitrogens is 1. The van der Waals surface area contributed by atoms with Crippen LogP contribution >= 0.6 is 0 Å². The maximum atomic E-state index is 11.9. The SMILES string of the molecule is COc1cnccc1C(=O)NCCCC(C)CO. The number of nitrogens with one attached hydrogen (secondary N) is 1. The van der Waals surface area contributed by atoms with E-state index in [0.717, 1.165) is 12.8 Å². The summed E-state index contributed by atoms with van der Waals surface area (Å²) in [6.07, 6.45) is 4.82. The highest BCUT2D eigenvalue weighted by Crippen LogP contribution is 2.15. The van der Waals surface area contributed by atoms with Crippen molar-refractivity contribution in [3.63, 3.8) is 0 Å². The number of nitrogens with zero attached hydrogens (tertiary/aromatic N) is 1. The third-order valence-electron chi connectivity index (χ3n) is 2.72. The molecule has 5 heteroatoms. The number of aliphatic hydroxyl groups is 1. The second-order valence-corrected chi connectivity index (χ2v) is 4.26. The molecule has 0 fully saturated rings. The molecule has 0 bridgehead atoms. The Morgan fingerprint density at radius 1 is 1.61 bits per heavy atom. The molecule has 0 aliphatic rings. The van der Waals surface area contributed by atoms with Crippen molar-refractivity contribution in [1.29, 1.82) is 0 Å². The minimum Gasteiger partial charge on any atom is -0.494 e. The summed E-state index contributed by atoms with van der Waals surface area (Å²) in [7, 11) is 1.51. The van der Waals surface area contributed by atoms with Crippen LogP contribution in [0.15, 0.2) is 18.5 Å². The molecule has 5 nitrogen and oxygen atoms in total. The average molecular weight is 252 g/mol. The quantitative estimate of drug-likeness (QED) is 0.716. The molecule has 1 aromatic heterocycles. The minimum atomic E-state index is -0.161. The van der Waals surface area contributed by atoms with E-state index in [1.807, 2.05) is 6.92 Å². The fraction of sp³-hybridized carbons (Fsp3) is 0.538. The van der Waals surface area contributed by atoms with Gasteiger partial charge < -0.3 is 15.2 Å². The summed E-state index contributed by atoms with van der Waals surface area (Å²) >= 11 is 0. The topological polar surface area (TPSA) is 71.5 Å². The molecule has 1 heterocycles. The highest BCUT2D eigenvalue weighted by atomic mass is 16.5. The predicted octanol–water partition coefficient (Wildman–Crippen LogP) is 1.23. The fourth-order valence-corrected chi connectivity index (χ4v) is 1.57. The molecule has 1 atom stereocenters. The van der Waals surface area contributed by atoms with Gasteiger partial charge in [0.15, 0.2) is 0 Å². The van der Waals surface area contributed by atoms with Crippen molar-refractivity contribution < 1.29 is 14.6 Å². The molecule has 1 amide bonds. The second-order valence-electron chi connectivity index (χ2n) is 4.26. The Labute approximate surface area is 107 Å². The molecule has 1 rings (SSSR count). The predicted molar refractivity (Wildman–Crippen MR) is 68.6 cm³/mol. The van der Waals surface area contributed by atoms with Crippen molar-refractivity contribution in [2.24, 2.45) is 5.92 Å². The van der Waals surface area contributed by atoms with Gasteiger partial charge in [-0.25, -0.2) is 0 Å². The van der Waals surface area contributed by atoms with Crippen LogP contribution in [0.4, 0.5) is 0 Å². The standard InChI is InChI=1S/C13H20N2O3/c1-10(9-16)4-3-6-15-13(17)11-5-7-14-8-12(11)18-2/h5,7-8,10,16H,3-4,6,9H2,1-2H3,(H,15,17). The number of carbonyl (C=O) groups is 1. The first-order valence-corrected chi connectivity index (χ1v) is 6.06. The Morgan fingerprint density at radius 3 is 3.06 bits per heavy atom. The van der Waals surface area contributed by atoms with Crippen molar-refractivity contribution in [1.82, 2.24) is 10.3 Å². The minimum absolute atomic E-state index is 0.161. The van der Waals surface area contributed by atoms with E-state index >= 15 is 0 Å². The van der Waals surface area contributed by atoms with Gasteiger partial charge in [-0.1, -0.05) is 6.92 Å². The van der Waals surface area contributed by atoms with Gasteiger partial charge in [0.2, 0.25) is 0 Å². The fourth-order valence-electron chi connectivity index (χ4n) is 1.57. The number of methoxy groups -OCH3 is 1. The van der Waals surface area contributed by atoms with Gasteiger partial charge in [0.25, 0.3) is 5.91 Å². The zero-order chi connectivity index (χ0) is 13.4. The van der Waals surface area contributed by atoms with Gasteiger partial charge in [0.1, 0.15) is 5.75 Å². The van der Waals surface area contributed by atoms with Crippen LogP contribution in [0.2, 0.25) is 0 Å². The number of hydrogen-bond acceptors (Lipinski definition) is 4. The highest BCUT2D eigenvalue weighted by Gasteiger charge is 2.11. The maximum Gasteiger partial charge on any atom is 0.255 e. The number of hydrogen-bond donors (Lipinski definition) is 2. The van der Waals surface area contributed by atoms with Crippen LogP contribution in [0.5, 0.6) is 5.75 Å². The lowest BCUT2D eigenvalue weighted by molar-refractivity contribution is 0.0949. The summed E-state index contributed by atoms with van der Waals surface area (Å²) in [6.45, 7) is 2.76. The van der Waals surface area contributed by atoms with Crippen LogP contribution in [0.3, 0.4) is 0 Å². The summed E-state index contributed by atoms with van der Waals surface area (Å²) in [5.41, 5.74) is 0.489. The number of rotatable bonds is 7. The van der Waals surface area contributed by atoms with Gasteiger partial charge in [-0.2, -0.15) is 0 Å². The smallest absolute Gasteiger partial charge is 0.255 e. The van der Waals surface area contributed by atoms with Crippen molar-refractivity contribution in [2.75, 3.05) is 20.3 Å². The van der Waals surface area contributed by atoms with Gasteiger partial charge in [0.05, 0.1) is 18.9 Å². The van der Waals surface area contributed by atoms with Crippen LogP contribution in [0.1, 0.15) is 30.1 Å². The third kappa shape index (κ3) is 4.33. The van der Waals surface area contributed by atoms with Crippen LogP contribution in [0, 0.1) is 5.92 Å². The first kappa shape index (κ1) is 14.4. The van der Waals surface area contributed by atoms with E-state index < -0.39 is 0 Å². The van der Waals surface area contributed by atoms with E-state index in [2.05, 4.69) is 10.3 Å². The Balaban J connectivity index is 2.41. The number of carbonyl (C=O) groups excluding carboxylic acids is 1. The zero-order valence-electron chi connectivity index (χ0n) is 10.8. The maximum absolute atomic E-state index is 11.9. The van der Waals surface area contributed by atoms with Gasteiger partial charge in [-0.15, -0.1) is 0 Å². The van der Waals surface area contributed by atoms with Crippen LogP contribution in [-0.4, -0.2) is 36.3 Å². The zero-order valence-corrected chi connectivity index (χ0v) is 10.8. The van der Waals surface area contributed by atoms with E-state index in [4.69, 9.17) is 9.84 Å².